The van der Waals surface area contributed by atoms with E-state index in [-0.39, 0.29) is 10.8 Å². The Labute approximate surface area is 150 Å². The summed E-state index contributed by atoms with van der Waals surface area (Å²) in [5.74, 6) is -0.386. The van der Waals surface area contributed by atoms with Crippen LogP contribution in [0.4, 0.5) is 0 Å². The summed E-state index contributed by atoms with van der Waals surface area (Å²) in [6.45, 7) is 5.22. The van der Waals surface area contributed by atoms with Gasteiger partial charge in [-0.1, -0.05) is 32.8 Å². The number of sulfonamides is 1. The molecule has 0 radical (unpaired) electrons. The highest BCUT2D eigenvalue weighted by molar-refractivity contribution is 7.89. The Morgan fingerprint density at radius 2 is 1.80 bits per heavy atom. The molecule has 25 heavy (non-hydrogen) atoms. The summed E-state index contributed by atoms with van der Waals surface area (Å²) in [4.78, 5) is 12.5. The fraction of sp³-hybridized carbons (Fsp3) is 0.556. The molecule has 1 aliphatic rings. The van der Waals surface area contributed by atoms with Gasteiger partial charge in [0.15, 0.2) is 0 Å². The van der Waals surface area contributed by atoms with Gasteiger partial charge in [-0.05, 0) is 43.9 Å². The third-order valence-corrected chi connectivity index (χ3v) is 6.09. The molecule has 0 bridgehead atoms. The quantitative estimate of drug-likeness (QED) is 0.568. The highest BCUT2D eigenvalue weighted by atomic mass is 32.2. The summed E-state index contributed by atoms with van der Waals surface area (Å²) in [6, 6.07) is 6.17. The Bertz CT molecular complexity index is 715. The molecule has 1 heterocycles. The van der Waals surface area contributed by atoms with E-state index in [1.165, 1.54) is 16.4 Å². The van der Waals surface area contributed by atoms with Crippen molar-refractivity contribution in [3.8, 4) is 0 Å². The molecule has 1 saturated heterocycles. The van der Waals surface area contributed by atoms with Gasteiger partial charge in [0.25, 0.3) is 5.91 Å². The first kappa shape index (κ1) is 19.6. The van der Waals surface area contributed by atoms with Crippen molar-refractivity contribution in [1.29, 1.82) is 0 Å². The van der Waals surface area contributed by atoms with Crippen molar-refractivity contribution in [2.24, 2.45) is 5.10 Å². The molecule has 138 valence electrons. The molecule has 1 aromatic rings. The molecule has 0 atom stereocenters. The number of carbonyl (C=O) groups is 1. The van der Waals surface area contributed by atoms with Gasteiger partial charge in [-0.25, -0.2) is 13.8 Å². The summed E-state index contributed by atoms with van der Waals surface area (Å²) < 4.78 is 26.7. The van der Waals surface area contributed by atoms with Gasteiger partial charge in [0.2, 0.25) is 10.0 Å². The average Bonchev–Trinajstić information content (AvgIpc) is 3.15. The van der Waals surface area contributed by atoms with Crippen LogP contribution < -0.4 is 5.43 Å². The first-order valence-corrected chi connectivity index (χ1v) is 10.4. The van der Waals surface area contributed by atoms with Gasteiger partial charge in [-0.3, -0.25) is 4.79 Å². The smallest absolute Gasteiger partial charge is 0.267 e. The van der Waals surface area contributed by atoms with Crippen LogP contribution in [0.15, 0.2) is 34.3 Å². The maximum atomic E-state index is 12.6. The molecular weight excluding hydrogens is 338 g/mol. The number of benzene rings is 1. The van der Waals surface area contributed by atoms with Crippen LogP contribution in [0, 0.1) is 0 Å². The molecule has 1 aromatic carbocycles. The SMILES string of the molecule is CCCC(CCC)=NNC(=O)c1cccc(S(=O)(=O)N2CCCC2)c1. The van der Waals surface area contributed by atoms with Gasteiger partial charge in [-0.2, -0.15) is 9.41 Å². The van der Waals surface area contributed by atoms with Crippen LogP contribution in [0.2, 0.25) is 0 Å². The highest BCUT2D eigenvalue weighted by Crippen LogP contribution is 2.21. The Balaban J connectivity index is 2.14. The van der Waals surface area contributed by atoms with E-state index in [1.54, 1.807) is 12.1 Å². The number of nitrogens with one attached hydrogen (secondary N) is 1. The molecule has 1 aliphatic heterocycles. The van der Waals surface area contributed by atoms with E-state index in [0.29, 0.717) is 18.7 Å². The van der Waals surface area contributed by atoms with E-state index < -0.39 is 10.0 Å². The lowest BCUT2D eigenvalue weighted by molar-refractivity contribution is 0.0954. The number of amides is 1. The van der Waals surface area contributed by atoms with Crippen molar-refractivity contribution < 1.29 is 13.2 Å². The van der Waals surface area contributed by atoms with Crippen molar-refractivity contribution in [2.45, 2.75) is 57.3 Å². The second-order valence-electron chi connectivity index (χ2n) is 6.26. The minimum absolute atomic E-state index is 0.161. The summed E-state index contributed by atoms with van der Waals surface area (Å²) in [7, 11) is -3.53. The molecule has 2 rings (SSSR count). The van der Waals surface area contributed by atoms with Crippen molar-refractivity contribution in [3.63, 3.8) is 0 Å². The largest absolute Gasteiger partial charge is 0.271 e. The van der Waals surface area contributed by atoms with Crippen molar-refractivity contribution in [3.05, 3.63) is 29.8 Å². The molecule has 1 N–H and O–H groups in total. The normalized spacial score (nSPS) is 15.1. The molecule has 7 heteroatoms. The summed E-state index contributed by atoms with van der Waals surface area (Å²) in [5, 5.41) is 4.21. The predicted molar refractivity (Wildman–Crippen MR) is 99.2 cm³/mol. The van der Waals surface area contributed by atoms with Crippen LogP contribution in [0.25, 0.3) is 0 Å². The number of hydrogen-bond acceptors (Lipinski definition) is 4. The molecule has 0 spiro atoms. The lowest BCUT2D eigenvalue weighted by atomic mass is 10.1. The van der Waals surface area contributed by atoms with Gasteiger partial charge < -0.3 is 0 Å². The fourth-order valence-corrected chi connectivity index (χ4v) is 4.45. The van der Waals surface area contributed by atoms with E-state index in [9.17, 15) is 13.2 Å². The van der Waals surface area contributed by atoms with E-state index >= 15 is 0 Å². The maximum Gasteiger partial charge on any atom is 0.271 e. The minimum atomic E-state index is -3.53. The molecule has 1 fully saturated rings. The number of hydrazone groups is 1. The molecule has 0 saturated carbocycles. The summed E-state index contributed by atoms with van der Waals surface area (Å²) in [5.41, 5.74) is 3.82. The van der Waals surface area contributed by atoms with Gasteiger partial charge in [0.1, 0.15) is 0 Å². The average molecular weight is 365 g/mol. The molecule has 6 nitrogen and oxygen atoms in total. The van der Waals surface area contributed by atoms with Crippen molar-refractivity contribution >= 4 is 21.6 Å². The van der Waals surface area contributed by atoms with Crippen LogP contribution in [0.3, 0.4) is 0 Å². The van der Waals surface area contributed by atoms with E-state index in [4.69, 9.17) is 0 Å². The first-order valence-electron chi connectivity index (χ1n) is 8.95. The van der Waals surface area contributed by atoms with Crippen LogP contribution in [0.5, 0.6) is 0 Å². The monoisotopic (exact) mass is 365 g/mol. The van der Waals surface area contributed by atoms with E-state index in [1.807, 2.05) is 0 Å². The third-order valence-electron chi connectivity index (χ3n) is 4.19. The van der Waals surface area contributed by atoms with Crippen LogP contribution in [-0.2, 0) is 10.0 Å². The van der Waals surface area contributed by atoms with Gasteiger partial charge in [0.05, 0.1) is 4.90 Å². The van der Waals surface area contributed by atoms with E-state index in [2.05, 4.69) is 24.4 Å². The molecular formula is C18H27N3O3S. The Morgan fingerprint density at radius 3 is 2.40 bits per heavy atom. The highest BCUT2D eigenvalue weighted by Gasteiger charge is 2.27. The summed E-state index contributed by atoms with van der Waals surface area (Å²) in [6.07, 6.45) is 5.39. The van der Waals surface area contributed by atoms with Gasteiger partial charge >= 0.3 is 0 Å². The van der Waals surface area contributed by atoms with Crippen molar-refractivity contribution in [2.75, 3.05) is 13.1 Å². The second kappa shape index (κ2) is 9.10. The minimum Gasteiger partial charge on any atom is -0.267 e. The molecule has 1 amide bonds. The maximum absolute atomic E-state index is 12.6. The third kappa shape index (κ3) is 5.12. The summed E-state index contributed by atoms with van der Waals surface area (Å²) >= 11 is 0. The Kier molecular flexibility index (Phi) is 7.13. The lowest BCUT2D eigenvalue weighted by Gasteiger charge is -2.15. The fourth-order valence-electron chi connectivity index (χ4n) is 2.88. The number of nitrogens with zero attached hydrogens (tertiary/aromatic N) is 2. The Hall–Kier alpha value is -1.73. The Morgan fingerprint density at radius 1 is 1.16 bits per heavy atom. The second-order valence-corrected chi connectivity index (χ2v) is 8.20. The van der Waals surface area contributed by atoms with Crippen LogP contribution in [0.1, 0.15) is 62.7 Å². The zero-order valence-electron chi connectivity index (χ0n) is 15.0. The molecule has 0 unspecified atom stereocenters. The number of hydrogen-bond donors (Lipinski definition) is 1. The van der Waals surface area contributed by atoms with Gasteiger partial charge in [-0.15, -0.1) is 0 Å². The van der Waals surface area contributed by atoms with E-state index in [0.717, 1.165) is 44.2 Å². The zero-order chi connectivity index (χ0) is 18.3. The topological polar surface area (TPSA) is 78.8 Å². The van der Waals surface area contributed by atoms with Crippen LogP contribution >= 0.6 is 0 Å². The standard InChI is InChI=1S/C18H27N3O3S/c1-3-8-16(9-4-2)19-20-18(22)15-10-7-11-17(14-15)25(23,24)21-12-5-6-13-21/h7,10-11,14H,3-6,8-9,12-13H2,1-2H3,(H,20,22). The van der Waals surface area contributed by atoms with Crippen molar-refractivity contribution in [1.82, 2.24) is 9.73 Å². The van der Waals surface area contributed by atoms with Gasteiger partial charge in [0, 0.05) is 24.4 Å². The first-order chi connectivity index (χ1) is 12.0. The number of carbonyl (C=O) groups excluding carboxylic acids is 1. The predicted octanol–water partition coefficient (Wildman–Crippen LogP) is 3.16. The number of rotatable bonds is 8. The lowest BCUT2D eigenvalue weighted by Crippen LogP contribution is -2.28. The molecule has 0 aliphatic carbocycles. The molecule has 0 aromatic heterocycles. The van der Waals surface area contributed by atoms with Crippen LogP contribution in [-0.4, -0.2) is 37.4 Å². The zero-order valence-corrected chi connectivity index (χ0v) is 15.8.